The Labute approximate surface area is 182 Å². The SMILES string of the molecule is CCN(C1=C(c2ccccc2OC)C(=O)N(c2ccc(C)cc2)C1=O)c1ccccc1. The zero-order valence-electron chi connectivity index (χ0n) is 17.8. The third kappa shape index (κ3) is 3.59. The summed E-state index contributed by atoms with van der Waals surface area (Å²) >= 11 is 0. The second-order valence-electron chi connectivity index (χ2n) is 7.28. The van der Waals surface area contributed by atoms with Gasteiger partial charge in [-0.15, -0.1) is 0 Å². The molecule has 4 rings (SSSR count). The molecule has 0 saturated carbocycles. The monoisotopic (exact) mass is 412 g/mol. The van der Waals surface area contributed by atoms with Crippen molar-refractivity contribution in [3.63, 3.8) is 0 Å². The van der Waals surface area contributed by atoms with Crippen molar-refractivity contribution >= 4 is 28.8 Å². The summed E-state index contributed by atoms with van der Waals surface area (Å²) in [5, 5.41) is 0. The lowest BCUT2D eigenvalue weighted by Gasteiger charge is -2.25. The lowest BCUT2D eigenvalue weighted by Crippen LogP contribution is -2.35. The smallest absolute Gasteiger partial charge is 0.282 e. The van der Waals surface area contributed by atoms with Crippen LogP contribution in [0.15, 0.2) is 84.6 Å². The molecule has 1 aliphatic heterocycles. The number of methoxy groups -OCH3 is 1. The van der Waals surface area contributed by atoms with Gasteiger partial charge in [0, 0.05) is 17.8 Å². The number of hydrogen-bond donors (Lipinski definition) is 0. The van der Waals surface area contributed by atoms with Gasteiger partial charge in [-0.2, -0.15) is 0 Å². The van der Waals surface area contributed by atoms with Crippen LogP contribution in [0.4, 0.5) is 11.4 Å². The molecule has 3 aromatic carbocycles. The van der Waals surface area contributed by atoms with E-state index in [2.05, 4.69) is 0 Å². The molecule has 1 aliphatic rings. The van der Waals surface area contributed by atoms with Gasteiger partial charge in [-0.1, -0.05) is 54.1 Å². The molecule has 0 fully saturated rings. The molecule has 1 heterocycles. The van der Waals surface area contributed by atoms with Crippen molar-refractivity contribution in [3.05, 3.63) is 95.7 Å². The maximum Gasteiger partial charge on any atom is 0.282 e. The molecular weight excluding hydrogens is 388 g/mol. The van der Waals surface area contributed by atoms with Crippen LogP contribution in [0.1, 0.15) is 18.1 Å². The summed E-state index contributed by atoms with van der Waals surface area (Å²) in [5.74, 6) is -0.158. The lowest BCUT2D eigenvalue weighted by molar-refractivity contribution is -0.120. The van der Waals surface area contributed by atoms with Crippen molar-refractivity contribution in [2.24, 2.45) is 0 Å². The van der Waals surface area contributed by atoms with Crippen molar-refractivity contribution in [2.45, 2.75) is 13.8 Å². The van der Waals surface area contributed by atoms with Crippen LogP contribution >= 0.6 is 0 Å². The highest BCUT2D eigenvalue weighted by atomic mass is 16.5. The van der Waals surface area contributed by atoms with Gasteiger partial charge in [0.15, 0.2) is 0 Å². The van der Waals surface area contributed by atoms with Gasteiger partial charge in [-0.25, -0.2) is 4.90 Å². The number of benzene rings is 3. The van der Waals surface area contributed by atoms with Gasteiger partial charge < -0.3 is 9.64 Å². The fourth-order valence-corrected chi connectivity index (χ4v) is 3.87. The molecule has 0 saturated heterocycles. The summed E-state index contributed by atoms with van der Waals surface area (Å²) < 4.78 is 5.53. The van der Waals surface area contributed by atoms with Gasteiger partial charge in [-0.3, -0.25) is 9.59 Å². The van der Waals surface area contributed by atoms with Gasteiger partial charge in [0.1, 0.15) is 11.4 Å². The number of ether oxygens (including phenoxy) is 1. The van der Waals surface area contributed by atoms with E-state index in [1.807, 2.05) is 79.4 Å². The van der Waals surface area contributed by atoms with Gasteiger partial charge in [-0.05, 0) is 44.2 Å². The summed E-state index contributed by atoms with van der Waals surface area (Å²) in [6, 6.07) is 24.3. The summed E-state index contributed by atoms with van der Waals surface area (Å²) in [7, 11) is 1.56. The van der Waals surface area contributed by atoms with E-state index >= 15 is 0 Å². The van der Waals surface area contributed by atoms with Crippen molar-refractivity contribution < 1.29 is 14.3 Å². The molecular formula is C26H24N2O3. The molecule has 0 unspecified atom stereocenters. The molecule has 31 heavy (non-hydrogen) atoms. The standard InChI is InChI=1S/C26H24N2O3/c1-4-27(19-10-6-5-7-11-19)24-23(21-12-8-9-13-22(21)31-3)25(29)28(26(24)30)20-16-14-18(2)15-17-20/h5-17H,4H2,1-3H3. The van der Waals surface area contributed by atoms with Gasteiger partial charge in [0.05, 0.1) is 18.4 Å². The number of amides is 2. The number of aryl methyl sites for hydroxylation is 1. The van der Waals surface area contributed by atoms with E-state index in [1.165, 1.54) is 4.90 Å². The predicted octanol–water partition coefficient (Wildman–Crippen LogP) is 4.81. The second kappa shape index (κ2) is 8.48. The largest absolute Gasteiger partial charge is 0.496 e. The van der Waals surface area contributed by atoms with Crippen molar-refractivity contribution in [3.8, 4) is 5.75 Å². The molecule has 0 atom stereocenters. The number of anilines is 2. The van der Waals surface area contributed by atoms with Crippen LogP contribution in [-0.4, -0.2) is 25.5 Å². The third-order valence-electron chi connectivity index (χ3n) is 5.38. The van der Waals surface area contributed by atoms with E-state index in [4.69, 9.17) is 4.74 Å². The number of para-hydroxylation sites is 2. The van der Waals surface area contributed by atoms with E-state index in [9.17, 15) is 9.59 Å². The quantitative estimate of drug-likeness (QED) is 0.545. The Morgan fingerprint density at radius 3 is 2.13 bits per heavy atom. The highest BCUT2D eigenvalue weighted by molar-refractivity contribution is 6.46. The fourth-order valence-electron chi connectivity index (χ4n) is 3.87. The topological polar surface area (TPSA) is 49.9 Å². The van der Waals surface area contributed by atoms with Gasteiger partial charge in [0.2, 0.25) is 0 Å². The minimum Gasteiger partial charge on any atom is -0.496 e. The van der Waals surface area contributed by atoms with Gasteiger partial charge >= 0.3 is 0 Å². The van der Waals surface area contributed by atoms with E-state index in [1.54, 1.807) is 25.3 Å². The van der Waals surface area contributed by atoms with Crippen LogP contribution in [-0.2, 0) is 9.59 Å². The van der Waals surface area contributed by atoms with Crippen LogP contribution in [0.3, 0.4) is 0 Å². The molecule has 0 bridgehead atoms. The molecule has 0 spiro atoms. The first-order chi connectivity index (χ1) is 15.1. The molecule has 3 aromatic rings. The molecule has 0 aliphatic carbocycles. The van der Waals surface area contributed by atoms with Gasteiger partial charge in [0.25, 0.3) is 11.8 Å². The Morgan fingerprint density at radius 1 is 0.839 bits per heavy atom. The Balaban J connectivity index is 1.94. The molecule has 5 heteroatoms. The van der Waals surface area contributed by atoms with E-state index in [0.29, 0.717) is 34.8 Å². The summed E-state index contributed by atoms with van der Waals surface area (Å²) in [4.78, 5) is 30.6. The summed E-state index contributed by atoms with van der Waals surface area (Å²) in [5.41, 5.74) is 3.74. The van der Waals surface area contributed by atoms with Crippen molar-refractivity contribution in [2.75, 3.05) is 23.5 Å². The highest BCUT2D eigenvalue weighted by Gasteiger charge is 2.43. The maximum atomic E-state index is 13.7. The second-order valence-corrected chi connectivity index (χ2v) is 7.28. The van der Waals surface area contributed by atoms with E-state index in [0.717, 1.165) is 11.3 Å². The summed E-state index contributed by atoms with van der Waals surface area (Å²) in [6.45, 7) is 4.46. The first-order valence-corrected chi connectivity index (χ1v) is 10.2. The number of rotatable bonds is 6. The Bertz CT molecular complexity index is 1150. The number of hydrogen-bond acceptors (Lipinski definition) is 4. The fraction of sp³-hybridized carbons (Fsp3) is 0.154. The number of carbonyl (C=O) groups excluding carboxylic acids is 2. The normalized spacial score (nSPS) is 13.7. The van der Waals surface area contributed by atoms with E-state index < -0.39 is 0 Å². The molecule has 5 nitrogen and oxygen atoms in total. The zero-order chi connectivity index (χ0) is 22.0. The molecule has 2 amide bonds. The van der Waals surface area contributed by atoms with Crippen LogP contribution < -0.4 is 14.5 Å². The number of nitrogens with zero attached hydrogens (tertiary/aromatic N) is 2. The molecule has 0 N–H and O–H groups in total. The van der Waals surface area contributed by atoms with E-state index in [-0.39, 0.29) is 11.8 Å². The predicted molar refractivity (Wildman–Crippen MR) is 123 cm³/mol. The third-order valence-corrected chi connectivity index (χ3v) is 5.38. The minimum atomic E-state index is -0.359. The number of imide groups is 1. The number of likely N-dealkylation sites (N-methyl/N-ethyl adjacent to an activating group) is 1. The maximum absolute atomic E-state index is 13.7. The first kappa shape index (κ1) is 20.4. The average molecular weight is 412 g/mol. The molecule has 0 aromatic heterocycles. The first-order valence-electron chi connectivity index (χ1n) is 10.2. The molecule has 0 radical (unpaired) electrons. The van der Waals surface area contributed by atoms with Crippen molar-refractivity contribution in [1.82, 2.24) is 0 Å². The average Bonchev–Trinajstić information content (AvgIpc) is 3.05. The van der Waals surface area contributed by atoms with Crippen molar-refractivity contribution in [1.29, 1.82) is 0 Å². The Kier molecular flexibility index (Phi) is 5.58. The zero-order valence-corrected chi connectivity index (χ0v) is 17.8. The Hall–Kier alpha value is -3.86. The minimum absolute atomic E-state index is 0.341. The van der Waals surface area contributed by atoms with Crippen LogP contribution in [0.5, 0.6) is 5.75 Å². The Morgan fingerprint density at radius 2 is 1.48 bits per heavy atom. The summed E-state index contributed by atoms with van der Waals surface area (Å²) in [6.07, 6.45) is 0. The molecule has 156 valence electrons. The van der Waals surface area contributed by atoms with Crippen LogP contribution in [0.2, 0.25) is 0 Å². The highest BCUT2D eigenvalue weighted by Crippen LogP contribution is 2.39. The van der Waals surface area contributed by atoms with Crippen LogP contribution in [0.25, 0.3) is 5.57 Å². The lowest BCUT2D eigenvalue weighted by atomic mass is 10.0. The van der Waals surface area contributed by atoms with Crippen LogP contribution in [0, 0.1) is 6.92 Å². The number of carbonyl (C=O) groups is 2.